The first-order valence-corrected chi connectivity index (χ1v) is 7.65. The highest BCUT2D eigenvalue weighted by atomic mass is 35.5. The van der Waals surface area contributed by atoms with Crippen molar-refractivity contribution in [3.05, 3.63) is 39.8 Å². The van der Waals surface area contributed by atoms with Gasteiger partial charge >= 0.3 is 11.4 Å². The molecule has 1 aliphatic heterocycles. The predicted octanol–water partition coefficient (Wildman–Crippen LogP) is 4.24. The van der Waals surface area contributed by atoms with Crippen molar-refractivity contribution in [3.8, 4) is 0 Å². The van der Waals surface area contributed by atoms with E-state index >= 15 is 0 Å². The lowest BCUT2D eigenvalue weighted by Crippen LogP contribution is -2.39. The molecule has 4 nitrogen and oxygen atoms in total. The Morgan fingerprint density at radius 2 is 1.71 bits per heavy atom. The Morgan fingerprint density at radius 3 is 2.21 bits per heavy atom. The molecule has 1 N–H and O–H groups in total. The summed E-state index contributed by atoms with van der Waals surface area (Å²) in [4.78, 5) is 7.45. The topological polar surface area (TPSA) is 48.7 Å². The minimum atomic E-state index is -4.89. The maximum Gasteiger partial charge on any atom is 0.433 e. The van der Waals surface area contributed by atoms with Crippen molar-refractivity contribution < 1.29 is 27.1 Å². The average molecular weight is 408 g/mol. The summed E-state index contributed by atoms with van der Waals surface area (Å²) in [5.74, 6) is 0. The molecule has 2 rings (SSSR count). The summed E-state index contributed by atoms with van der Waals surface area (Å²) < 4.78 is 67.2. The first kappa shape index (κ1) is 19.2. The summed E-state index contributed by atoms with van der Waals surface area (Å²) in [6.07, 6.45) is -4.39. The zero-order valence-corrected chi connectivity index (χ0v) is 14.0. The maximum atomic E-state index is 14.5. The molecule has 0 aliphatic carbocycles. The molecule has 1 aliphatic rings. The smallest absolute Gasteiger partial charge is 0.370 e. The fourth-order valence-corrected chi connectivity index (χ4v) is 3.35. The van der Waals surface area contributed by atoms with Crippen LogP contribution >= 0.6 is 35.0 Å². The van der Waals surface area contributed by atoms with E-state index in [0.717, 1.165) is 24.3 Å². The van der Waals surface area contributed by atoms with E-state index in [0.29, 0.717) is 6.08 Å². The van der Waals surface area contributed by atoms with Crippen LogP contribution < -0.4 is 0 Å². The number of allylic oxidation sites excluding steroid dienone is 1. The SMILES string of the molecule is CN1C(SC(F)(F)c2c(Cl)cncc2Cl)=NC(C(F)(F)F)=CC1O. The summed E-state index contributed by atoms with van der Waals surface area (Å²) in [5.41, 5.74) is -2.28. The van der Waals surface area contributed by atoms with Crippen molar-refractivity contribution in [2.75, 3.05) is 7.05 Å². The van der Waals surface area contributed by atoms with Gasteiger partial charge in [0, 0.05) is 19.4 Å². The van der Waals surface area contributed by atoms with Gasteiger partial charge in [-0.25, -0.2) is 4.99 Å². The van der Waals surface area contributed by atoms with Crippen LogP contribution in [0, 0.1) is 0 Å². The number of hydrogen-bond donors (Lipinski definition) is 1. The van der Waals surface area contributed by atoms with Crippen LogP contribution in [0.4, 0.5) is 22.0 Å². The minimum Gasteiger partial charge on any atom is -0.370 e. The van der Waals surface area contributed by atoms with Crippen molar-refractivity contribution in [2.45, 2.75) is 17.7 Å². The molecule has 0 saturated carbocycles. The van der Waals surface area contributed by atoms with Crippen LogP contribution in [0.2, 0.25) is 10.0 Å². The molecule has 0 fully saturated rings. The fourth-order valence-electron chi connectivity index (χ4n) is 1.69. The first-order valence-electron chi connectivity index (χ1n) is 6.08. The summed E-state index contributed by atoms with van der Waals surface area (Å²) in [6, 6.07) is 0. The molecule has 1 atom stereocenters. The number of aliphatic hydroxyl groups is 1. The molecule has 132 valence electrons. The molecule has 0 radical (unpaired) electrons. The zero-order valence-electron chi connectivity index (χ0n) is 11.7. The highest BCUT2D eigenvalue weighted by Gasteiger charge is 2.43. The van der Waals surface area contributed by atoms with Crippen LogP contribution in [0.25, 0.3) is 0 Å². The lowest BCUT2D eigenvalue weighted by atomic mass is 10.3. The van der Waals surface area contributed by atoms with Crippen LogP contribution in [0.5, 0.6) is 0 Å². The summed E-state index contributed by atoms with van der Waals surface area (Å²) in [6.45, 7) is 0. The lowest BCUT2D eigenvalue weighted by molar-refractivity contribution is -0.0946. The van der Waals surface area contributed by atoms with Gasteiger partial charge in [-0.05, 0) is 17.8 Å². The quantitative estimate of drug-likeness (QED) is 0.745. The van der Waals surface area contributed by atoms with Crippen molar-refractivity contribution in [3.63, 3.8) is 0 Å². The Kier molecular flexibility index (Phi) is 5.34. The number of alkyl halides is 5. The molecule has 1 unspecified atom stereocenters. The largest absolute Gasteiger partial charge is 0.433 e. The molecule has 12 heteroatoms. The number of aromatic nitrogens is 1. The predicted molar refractivity (Wildman–Crippen MR) is 81.1 cm³/mol. The second kappa shape index (κ2) is 6.66. The van der Waals surface area contributed by atoms with Crippen molar-refractivity contribution in [1.29, 1.82) is 0 Å². The molecular weight excluding hydrogens is 400 g/mol. The number of hydrogen-bond acceptors (Lipinski definition) is 5. The molecule has 0 aromatic carbocycles. The maximum absolute atomic E-state index is 14.5. The Hall–Kier alpha value is -1.10. The Balaban J connectivity index is 2.41. The summed E-state index contributed by atoms with van der Waals surface area (Å²) in [7, 11) is 1.12. The van der Waals surface area contributed by atoms with Gasteiger partial charge in [-0.2, -0.15) is 22.0 Å². The Labute approximate surface area is 147 Å². The van der Waals surface area contributed by atoms with Gasteiger partial charge in [-0.1, -0.05) is 23.2 Å². The number of aliphatic imine (C=N–C) groups is 1. The van der Waals surface area contributed by atoms with Crippen molar-refractivity contribution in [1.82, 2.24) is 9.88 Å². The second-order valence-corrected chi connectivity index (χ2v) is 6.46. The fraction of sp³-hybridized carbons (Fsp3) is 0.333. The van der Waals surface area contributed by atoms with E-state index in [1.807, 2.05) is 0 Å². The van der Waals surface area contributed by atoms with E-state index in [-0.39, 0.29) is 11.8 Å². The molecule has 1 aromatic rings. The van der Waals surface area contributed by atoms with Gasteiger partial charge in [0.25, 0.3) is 0 Å². The van der Waals surface area contributed by atoms with Gasteiger partial charge in [0.05, 0.1) is 15.6 Å². The third kappa shape index (κ3) is 3.93. The number of amidine groups is 1. The van der Waals surface area contributed by atoms with E-state index < -0.39 is 44.1 Å². The monoisotopic (exact) mass is 407 g/mol. The van der Waals surface area contributed by atoms with Gasteiger partial charge in [0.1, 0.15) is 11.9 Å². The van der Waals surface area contributed by atoms with Crippen molar-refractivity contribution in [2.24, 2.45) is 4.99 Å². The van der Waals surface area contributed by atoms with Crippen LogP contribution in [0.3, 0.4) is 0 Å². The number of pyridine rings is 1. The van der Waals surface area contributed by atoms with Crippen LogP contribution in [0.15, 0.2) is 29.2 Å². The number of nitrogens with zero attached hydrogens (tertiary/aromatic N) is 3. The van der Waals surface area contributed by atoms with Crippen molar-refractivity contribution >= 4 is 40.1 Å². The minimum absolute atomic E-state index is 0.319. The Morgan fingerprint density at radius 1 is 1.17 bits per heavy atom. The van der Waals surface area contributed by atoms with Gasteiger partial charge in [0.15, 0.2) is 5.17 Å². The van der Waals surface area contributed by atoms with E-state index in [9.17, 15) is 27.1 Å². The molecule has 0 spiro atoms. The molecule has 0 bridgehead atoms. The van der Waals surface area contributed by atoms with Gasteiger partial charge in [-0.3, -0.25) is 4.98 Å². The van der Waals surface area contributed by atoms with Crippen LogP contribution in [-0.4, -0.2) is 39.6 Å². The molecular formula is C12H8Cl2F5N3OS. The average Bonchev–Trinajstić information content (AvgIpc) is 2.41. The third-order valence-corrected chi connectivity index (χ3v) is 4.47. The number of rotatable bonds is 2. The molecule has 0 amide bonds. The zero-order chi connectivity index (χ0) is 18.3. The third-order valence-electron chi connectivity index (χ3n) is 2.88. The summed E-state index contributed by atoms with van der Waals surface area (Å²) in [5, 5.41) is 4.15. The Bertz CT molecular complexity index is 690. The van der Waals surface area contributed by atoms with E-state index in [1.54, 1.807) is 0 Å². The number of likely N-dealkylation sites (N-methyl/N-ethyl adjacent to an activating group) is 1. The second-order valence-electron chi connectivity index (χ2n) is 4.57. The highest BCUT2D eigenvalue weighted by molar-refractivity contribution is 8.14. The number of halogens is 7. The summed E-state index contributed by atoms with van der Waals surface area (Å²) >= 11 is 11.0. The highest BCUT2D eigenvalue weighted by Crippen LogP contribution is 2.47. The van der Waals surface area contributed by atoms with E-state index in [1.165, 1.54) is 0 Å². The van der Waals surface area contributed by atoms with E-state index in [2.05, 4.69) is 9.98 Å². The molecule has 2 heterocycles. The normalized spacial score (nSPS) is 19.2. The molecule has 24 heavy (non-hydrogen) atoms. The number of thioether (sulfide) groups is 1. The van der Waals surface area contributed by atoms with E-state index in [4.69, 9.17) is 23.2 Å². The lowest BCUT2D eigenvalue weighted by Gasteiger charge is -2.31. The molecule has 1 aromatic heterocycles. The van der Waals surface area contributed by atoms with Crippen LogP contribution in [-0.2, 0) is 5.25 Å². The number of aliphatic hydroxyl groups excluding tert-OH is 1. The van der Waals surface area contributed by atoms with Gasteiger partial charge in [0.2, 0.25) is 0 Å². The first-order chi connectivity index (χ1) is 10.9. The standard InChI is InChI=1S/C12H8Cl2F5N3OS/c1-22-8(23)2-7(11(15,16)17)21-10(22)24-12(18,19)9-5(13)3-20-4-6(9)14/h2-4,8,23H,1H3. The van der Waals surface area contributed by atoms with Crippen LogP contribution in [0.1, 0.15) is 5.56 Å². The van der Waals surface area contributed by atoms with Gasteiger partial charge < -0.3 is 10.0 Å². The van der Waals surface area contributed by atoms with Gasteiger partial charge in [-0.15, -0.1) is 0 Å². The molecule has 0 saturated heterocycles.